The molecule has 111 heavy (non-hydrogen) atoms. The van der Waals surface area contributed by atoms with Crippen LogP contribution in [0.25, 0.3) is 12.3 Å². The van der Waals surface area contributed by atoms with E-state index >= 15 is 4.79 Å². The Bertz CT molecular complexity index is 3830. The standard InChI is InChI=1S/C47H51NO14.C22H38N4O10.C6H8O4.2H2N.Pt/c1-25-31(60-43(56)36(52)35(28-16-10-7-11-17-28)48-41(54)29-18-12-8-13-19-29)23-47(57)40(61-42(55)30-20-14-9-15-21-30)38-45(6,32(51)22-33-46(38,24-58-33)62-27(3)50)39(53)37(59-26(2)49)34(25)44(47,4)5;1-4-5-6-7-11-16(27)26-17(21(33)34)13(3)36-22(35)25-15(10-8-9-14(23)20(31)32)18(28)24-12(2)19(29)30;7-4(8)6(5(9)10)2-1-3-6;;;/h7-21,31-33,35-38,40,51-52,57H,22-24H2,1-6H3,(H,48,54);12-15,17H,4-11,23H2,1-3H3,(H,24,28)(H,25,35)(H,26,27)(H,29,30)(H,31,32)(H,33,34);1-3H2,(H,7,8)(H,9,10);2*1H2;/q;;;2*-1;+2/t31-,32-,33+,35-,36+,37+,38-,40-,45+,46-,47+;12-,13-,14-,15+,17-;;;;/m01..../s1. The van der Waals surface area contributed by atoms with Crippen molar-refractivity contribution in [3.05, 3.63) is 131 Å². The first-order valence-electron chi connectivity index (χ1n) is 35.3. The van der Waals surface area contributed by atoms with Crippen LogP contribution in [0.5, 0.6) is 0 Å². The van der Waals surface area contributed by atoms with E-state index in [-0.39, 0.29) is 107 Å². The van der Waals surface area contributed by atoms with E-state index in [0.717, 1.165) is 33.1 Å². The van der Waals surface area contributed by atoms with Crippen LogP contribution in [0.1, 0.15) is 178 Å². The molecular formula is C75H101N7O28Pt. The minimum atomic E-state index is -2.39. The van der Waals surface area contributed by atoms with Gasteiger partial charge < -0.3 is 109 Å². The number of fused-ring (bicyclic) bond motifs is 5. The number of carbonyl (C=O) groups is 14. The van der Waals surface area contributed by atoms with Crippen molar-refractivity contribution < 1.29 is 157 Å². The van der Waals surface area contributed by atoms with Crippen LogP contribution in [0.2, 0.25) is 0 Å². The summed E-state index contributed by atoms with van der Waals surface area (Å²) in [5.74, 6) is -14.6. The minimum absolute atomic E-state index is 0. The van der Waals surface area contributed by atoms with E-state index in [1.807, 2.05) is 6.92 Å². The molecule has 0 radical (unpaired) electrons. The normalized spacial score (nSPS) is 24.5. The maximum Gasteiger partial charge on any atom is 2.00 e. The molecule has 3 aromatic carbocycles. The number of nitrogens with one attached hydrogen (secondary N) is 4. The summed E-state index contributed by atoms with van der Waals surface area (Å²) in [6.45, 7) is 12.4. The number of hydrogen-bond acceptors (Lipinski definition) is 24. The van der Waals surface area contributed by atoms with Gasteiger partial charge >= 0.3 is 80.9 Å². The van der Waals surface area contributed by atoms with Gasteiger partial charge in [0.05, 0.1) is 35.6 Å². The molecule has 18 N–H and O–H groups in total. The molecule has 4 amide bonds. The van der Waals surface area contributed by atoms with Crippen LogP contribution in [0, 0.1) is 22.2 Å². The van der Waals surface area contributed by atoms with Crippen LogP contribution in [-0.4, -0.2) is 209 Å². The zero-order chi connectivity index (χ0) is 80.6. The fraction of sp³-hybridized carbons (Fsp3) is 0.547. The van der Waals surface area contributed by atoms with Crippen molar-refractivity contribution in [1.29, 1.82) is 0 Å². The van der Waals surface area contributed by atoms with Crippen LogP contribution in [0.4, 0.5) is 4.79 Å². The van der Waals surface area contributed by atoms with Crippen molar-refractivity contribution >= 4 is 83.3 Å². The summed E-state index contributed by atoms with van der Waals surface area (Å²) in [5.41, 5.74) is -3.03. The van der Waals surface area contributed by atoms with Crippen LogP contribution in [-0.2, 0) is 102 Å². The number of carbonyl (C=O) groups excluding carboxylic acids is 9. The maximum absolute atomic E-state index is 15.5. The first-order valence-corrected chi connectivity index (χ1v) is 35.3. The summed E-state index contributed by atoms with van der Waals surface area (Å²) in [4.78, 5) is 175. The molecule has 35 nitrogen and oxygen atoms in total. The third-order valence-corrected chi connectivity index (χ3v) is 20.8. The molecule has 5 aliphatic rings. The monoisotopic (exact) mass is 1740 g/mol. The van der Waals surface area contributed by atoms with Gasteiger partial charge in [-0.1, -0.05) is 107 Å². The van der Waals surface area contributed by atoms with Gasteiger partial charge in [0.2, 0.25) is 11.8 Å². The Morgan fingerprint density at radius 2 is 1.26 bits per heavy atom. The molecule has 36 heteroatoms. The van der Waals surface area contributed by atoms with Crippen LogP contribution < -0.4 is 27.0 Å². The van der Waals surface area contributed by atoms with Gasteiger partial charge in [-0.3, -0.25) is 47.9 Å². The number of hydrogen-bond donors (Lipinski definition) is 13. The molecule has 1 saturated heterocycles. The number of aliphatic hydroxyl groups excluding tert-OH is 2. The Morgan fingerprint density at radius 3 is 1.74 bits per heavy atom. The number of benzene rings is 3. The molecule has 614 valence electrons. The Hall–Kier alpha value is -9.61. The minimum Gasteiger partial charge on any atom is -0.693 e. The van der Waals surface area contributed by atoms with Gasteiger partial charge in [0.1, 0.15) is 48.1 Å². The molecule has 1 heterocycles. The molecule has 4 aliphatic carbocycles. The number of carboxylic acids is 5. The second-order valence-electron chi connectivity index (χ2n) is 28.3. The molecule has 16 atom stereocenters. The summed E-state index contributed by atoms with van der Waals surface area (Å²) < 4.78 is 35.3. The Labute approximate surface area is 654 Å². The van der Waals surface area contributed by atoms with Crippen molar-refractivity contribution in [2.45, 2.75) is 230 Å². The average Bonchev–Trinajstić information content (AvgIpc) is 0.668. The predicted molar refractivity (Wildman–Crippen MR) is 386 cm³/mol. The summed E-state index contributed by atoms with van der Waals surface area (Å²) in [6, 6.07) is 17.6. The average molecular weight is 1740 g/mol. The largest absolute Gasteiger partial charge is 2.00 e. The number of unbranched alkanes of at least 4 members (excludes halogenated alkanes) is 3. The van der Waals surface area contributed by atoms with Crippen molar-refractivity contribution in [2.24, 2.45) is 27.9 Å². The van der Waals surface area contributed by atoms with Gasteiger partial charge in [-0.05, 0) is 114 Å². The Balaban J connectivity index is 0.000000552. The van der Waals surface area contributed by atoms with E-state index in [1.165, 1.54) is 39.8 Å². The number of nitrogens with two attached hydrogens (primary N) is 3. The van der Waals surface area contributed by atoms with Gasteiger partial charge in [0.15, 0.2) is 35.0 Å². The predicted octanol–water partition coefficient (Wildman–Crippen LogP) is 5.67. The van der Waals surface area contributed by atoms with E-state index < -0.39 is 196 Å². The summed E-state index contributed by atoms with van der Waals surface area (Å²) >= 11 is 0. The molecule has 8 rings (SSSR count). The second kappa shape index (κ2) is 41.1. The number of amides is 4. The number of aliphatic carboxylic acids is 5. The maximum atomic E-state index is 15.5. The summed E-state index contributed by atoms with van der Waals surface area (Å²) in [5, 5.41) is 91.2. The number of esters is 4. The quantitative estimate of drug-likeness (QED) is 0.0126. The van der Waals surface area contributed by atoms with Gasteiger partial charge in [-0.15, -0.1) is 0 Å². The molecule has 0 unspecified atom stereocenters. The number of rotatable bonds is 30. The van der Waals surface area contributed by atoms with E-state index in [1.54, 1.807) is 92.7 Å². The number of ether oxygens (including phenoxy) is 6. The second-order valence-corrected chi connectivity index (χ2v) is 28.3. The number of carboxylic acid groups (broad SMARTS) is 5. The summed E-state index contributed by atoms with van der Waals surface area (Å²) in [6.07, 6.45) is -8.35. The first-order chi connectivity index (χ1) is 50.7. The van der Waals surface area contributed by atoms with Crippen LogP contribution in [0.3, 0.4) is 0 Å². The van der Waals surface area contributed by atoms with E-state index in [9.17, 15) is 82.8 Å². The molecule has 4 fully saturated rings. The molecule has 0 aromatic heterocycles. The third kappa shape index (κ3) is 22.2. The van der Waals surface area contributed by atoms with Crippen LogP contribution >= 0.6 is 0 Å². The summed E-state index contributed by atoms with van der Waals surface area (Å²) in [7, 11) is 0. The number of ketones is 1. The van der Waals surface area contributed by atoms with E-state index in [0.29, 0.717) is 18.4 Å². The van der Waals surface area contributed by atoms with Crippen LogP contribution in [0.15, 0.2) is 102 Å². The third-order valence-electron chi connectivity index (χ3n) is 20.8. The zero-order valence-corrected chi connectivity index (χ0v) is 65.1. The molecule has 1 aliphatic heterocycles. The van der Waals surface area contributed by atoms with Gasteiger partial charge in [0.25, 0.3) is 5.91 Å². The number of aliphatic hydroxyl groups is 3. The smallest absolute Gasteiger partial charge is 0.693 e. The number of Topliss-reactive ketones (excluding diaryl/α,β-unsaturated/α-hetero) is 1. The van der Waals surface area contributed by atoms with E-state index in [4.69, 9.17) is 54.6 Å². The Morgan fingerprint density at radius 1 is 0.694 bits per heavy atom. The molecule has 3 saturated carbocycles. The molecule has 2 bridgehead atoms. The van der Waals surface area contributed by atoms with Gasteiger partial charge in [-0.25, -0.2) is 19.2 Å². The fourth-order valence-corrected chi connectivity index (χ4v) is 14.3. The van der Waals surface area contributed by atoms with Crippen molar-refractivity contribution in [1.82, 2.24) is 21.3 Å². The molecular weight excluding hydrogens is 1640 g/mol. The van der Waals surface area contributed by atoms with E-state index in [2.05, 4.69) is 21.3 Å². The zero-order valence-electron chi connectivity index (χ0n) is 62.9. The molecule has 0 spiro atoms. The van der Waals surface area contributed by atoms with Gasteiger partial charge in [-0.2, -0.15) is 0 Å². The van der Waals surface area contributed by atoms with Crippen molar-refractivity contribution in [2.75, 3.05) is 6.61 Å². The number of alkyl carbamates (subject to hydrolysis) is 1. The molecule has 3 aromatic rings. The van der Waals surface area contributed by atoms with Crippen molar-refractivity contribution in [3.63, 3.8) is 0 Å². The fourth-order valence-electron chi connectivity index (χ4n) is 14.3. The SMILES string of the molecule is CC(=O)O[C@H]1C(=O)[C@@]2(C)[C@H]([C@H](OC(=O)c3ccccc3)[C@]3(O)C[C@H](OC(=O)[C@H](O)[C@@H](NC(=O)c4ccccc4)c4ccccc4)C(C)=C1C3(C)C)[C@]1(OC(C)=O)CO[C@@H]1C[C@@H]2O.CCCCCCC(=O)N[C@@H](C(=O)O)[C@@H](C)OC(=O)N[C@@H](CCC[C@@H](N)C(=O)O)C(=O)N[C@H](C)C(=O)O.O=C(O)C1(C(=O)O)CCC1.[NH2-].[NH2-].[Pt+2]. The van der Waals surface area contributed by atoms with Gasteiger partial charge in [0, 0.05) is 44.1 Å². The topological polar surface area (TPSA) is 597 Å². The first kappa shape index (κ1) is 95.6. The Kier molecular flexibility index (Phi) is 35.4. The van der Waals surface area contributed by atoms with Crippen molar-refractivity contribution in [3.8, 4) is 0 Å².